The summed E-state index contributed by atoms with van der Waals surface area (Å²) in [7, 11) is 1.98. The molecule has 1 N–H and O–H groups in total. The Hall–Kier alpha value is -1.76. The molecule has 0 aromatic heterocycles. The maximum Gasteiger partial charge on any atom is 0.00278 e. The Kier molecular flexibility index (Phi) is 3.29. The maximum atomic E-state index is 4.24. The number of rotatable bonds is 3. The second-order valence-electron chi connectivity index (χ2n) is 5.69. The monoisotopic (exact) mass is 251 g/mol. The van der Waals surface area contributed by atoms with Crippen LogP contribution in [0.15, 0.2) is 60.3 Å². The van der Waals surface area contributed by atoms with Crippen LogP contribution in [0.1, 0.15) is 24.8 Å². The lowest BCUT2D eigenvalue weighted by molar-refractivity contribution is 0.200. The van der Waals surface area contributed by atoms with Crippen LogP contribution in [0.5, 0.6) is 0 Å². The molecule has 0 radical (unpaired) electrons. The summed E-state index contributed by atoms with van der Waals surface area (Å²) in [5.74, 6) is 1.69. The molecule has 0 unspecified atom stereocenters. The number of hydrogen-bond donors (Lipinski definition) is 1. The molecule has 2 bridgehead atoms. The van der Waals surface area contributed by atoms with E-state index >= 15 is 0 Å². The van der Waals surface area contributed by atoms with Crippen LogP contribution >= 0.6 is 0 Å². The lowest BCUT2D eigenvalue weighted by Crippen LogP contribution is -2.32. The number of nitrogens with one attached hydrogen (secondary N) is 1. The second kappa shape index (κ2) is 5.08. The molecular formula is C18H21N. The van der Waals surface area contributed by atoms with Gasteiger partial charge < -0.3 is 5.32 Å². The fourth-order valence-corrected chi connectivity index (χ4v) is 3.30. The highest BCUT2D eigenvalue weighted by atomic mass is 14.8. The molecule has 1 nitrogen and oxygen atoms in total. The SMILES string of the molecule is C=C(/C=C1\C(=C/NC)CC2CC1C2)c1ccccc1. The van der Waals surface area contributed by atoms with Crippen molar-refractivity contribution < 1.29 is 0 Å². The van der Waals surface area contributed by atoms with Crippen LogP contribution in [0.2, 0.25) is 0 Å². The fraction of sp³-hybridized carbons (Fsp3) is 0.333. The minimum absolute atomic E-state index is 0.763. The van der Waals surface area contributed by atoms with Gasteiger partial charge in [-0.05, 0) is 59.6 Å². The van der Waals surface area contributed by atoms with Gasteiger partial charge in [-0.2, -0.15) is 0 Å². The minimum atomic E-state index is 0.763. The highest BCUT2D eigenvalue weighted by molar-refractivity contribution is 5.74. The Labute approximate surface area is 115 Å². The molecule has 0 aliphatic heterocycles. The summed E-state index contributed by atoms with van der Waals surface area (Å²) in [6, 6.07) is 10.5. The van der Waals surface area contributed by atoms with Crippen molar-refractivity contribution in [3.05, 3.63) is 65.9 Å². The van der Waals surface area contributed by atoms with Crippen molar-refractivity contribution in [3.8, 4) is 0 Å². The largest absolute Gasteiger partial charge is 0.394 e. The Balaban J connectivity index is 1.88. The van der Waals surface area contributed by atoms with Gasteiger partial charge in [-0.25, -0.2) is 0 Å². The molecule has 1 aromatic carbocycles. The van der Waals surface area contributed by atoms with Gasteiger partial charge in [-0.1, -0.05) is 43.0 Å². The molecule has 98 valence electrons. The minimum Gasteiger partial charge on any atom is -0.394 e. The summed E-state index contributed by atoms with van der Waals surface area (Å²) < 4.78 is 0. The molecule has 1 aromatic rings. The third kappa shape index (κ3) is 2.37. The van der Waals surface area contributed by atoms with Crippen molar-refractivity contribution in [3.63, 3.8) is 0 Å². The van der Waals surface area contributed by atoms with Gasteiger partial charge >= 0.3 is 0 Å². The third-order valence-electron chi connectivity index (χ3n) is 4.35. The van der Waals surface area contributed by atoms with Gasteiger partial charge in [0.05, 0.1) is 0 Å². The van der Waals surface area contributed by atoms with E-state index in [0.29, 0.717) is 0 Å². The van der Waals surface area contributed by atoms with Crippen molar-refractivity contribution in [1.82, 2.24) is 5.32 Å². The van der Waals surface area contributed by atoms with Gasteiger partial charge in [0.1, 0.15) is 0 Å². The first kappa shape index (κ1) is 12.3. The fourth-order valence-electron chi connectivity index (χ4n) is 3.30. The predicted octanol–water partition coefficient (Wildman–Crippen LogP) is 4.16. The molecule has 4 rings (SSSR count). The lowest BCUT2D eigenvalue weighted by Gasteiger charge is -2.44. The van der Waals surface area contributed by atoms with E-state index in [0.717, 1.165) is 17.4 Å². The molecule has 0 amide bonds. The molecule has 0 heterocycles. The van der Waals surface area contributed by atoms with E-state index in [-0.39, 0.29) is 0 Å². The average Bonchev–Trinajstić information content (AvgIpc) is 2.40. The zero-order valence-electron chi connectivity index (χ0n) is 11.5. The van der Waals surface area contributed by atoms with Crippen LogP contribution in [0.4, 0.5) is 0 Å². The Morgan fingerprint density at radius 2 is 2.00 bits per heavy atom. The van der Waals surface area contributed by atoms with E-state index in [1.54, 1.807) is 0 Å². The topological polar surface area (TPSA) is 12.0 Å². The standard InChI is InChI=1S/C18H21N/c1-13(15-6-4-3-5-7-15)8-18-16-9-14(10-16)11-17(18)12-19-2/h3-8,12,14,16,19H,1,9-11H2,2H3/b17-12-,18-8-. The normalized spacial score (nSPS) is 29.1. The lowest BCUT2D eigenvalue weighted by atomic mass is 9.60. The first-order valence-corrected chi connectivity index (χ1v) is 7.10. The van der Waals surface area contributed by atoms with Crippen LogP contribution in [0, 0.1) is 11.8 Å². The molecule has 0 atom stereocenters. The first-order chi connectivity index (χ1) is 9.28. The van der Waals surface area contributed by atoms with Crippen molar-refractivity contribution >= 4 is 5.57 Å². The molecule has 0 spiro atoms. The van der Waals surface area contributed by atoms with Gasteiger partial charge in [-0.15, -0.1) is 0 Å². The van der Waals surface area contributed by atoms with Gasteiger partial charge in [0, 0.05) is 7.05 Å². The maximum absolute atomic E-state index is 4.24. The first-order valence-electron chi connectivity index (χ1n) is 7.10. The van der Waals surface area contributed by atoms with E-state index < -0.39 is 0 Å². The molecule has 3 aliphatic carbocycles. The highest BCUT2D eigenvalue weighted by Crippen LogP contribution is 2.51. The van der Waals surface area contributed by atoms with E-state index in [1.165, 1.54) is 36.0 Å². The summed E-state index contributed by atoms with van der Waals surface area (Å²) in [6.07, 6.45) is 8.44. The zero-order valence-corrected chi connectivity index (χ0v) is 11.5. The number of allylic oxidation sites excluding steroid dienone is 4. The molecule has 1 heteroatoms. The van der Waals surface area contributed by atoms with Crippen LogP contribution in [0.25, 0.3) is 5.57 Å². The molecule has 3 aliphatic rings. The molecule has 3 fully saturated rings. The predicted molar refractivity (Wildman–Crippen MR) is 81.5 cm³/mol. The molecule has 19 heavy (non-hydrogen) atoms. The van der Waals surface area contributed by atoms with Crippen molar-refractivity contribution in [2.24, 2.45) is 11.8 Å². The van der Waals surface area contributed by atoms with Gasteiger partial charge in [0.15, 0.2) is 0 Å². The Morgan fingerprint density at radius 1 is 1.26 bits per heavy atom. The number of fused-ring (bicyclic) bond motifs is 2. The Morgan fingerprint density at radius 3 is 2.68 bits per heavy atom. The average molecular weight is 251 g/mol. The highest BCUT2D eigenvalue weighted by Gasteiger charge is 2.38. The molecular weight excluding hydrogens is 230 g/mol. The van der Waals surface area contributed by atoms with Crippen molar-refractivity contribution in [2.45, 2.75) is 19.3 Å². The third-order valence-corrected chi connectivity index (χ3v) is 4.35. The number of hydrogen-bond acceptors (Lipinski definition) is 1. The van der Waals surface area contributed by atoms with Crippen LogP contribution in [-0.4, -0.2) is 7.05 Å². The summed E-state index contributed by atoms with van der Waals surface area (Å²) in [5, 5.41) is 3.19. The quantitative estimate of drug-likeness (QED) is 0.850. The summed E-state index contributed by atoms with van der Waals surface area (Å²) in [6.45, 7) is 4.24. The molecule has 0 saturated heterocycles. The summed E-state index contributed by atoms with van der Waals surface area (Å²) in [5.41, 5.74) is 5.33. The smallest absolute Gasteiger partial charge is 0.00278 e. The van der Waals surface area contributed by atoms with E-state index in [9.17, 15) is 0 Å². The Bertz CT molecular complexity index is 530. The van der Waals surface area contributed by atoms with E-state index in [2.05, 4.69) is 48.4 Å². The van der Waals surface area contributed by atoms with Gasteiger partial charge in [-0.3, -0.25) is 0 Å². The molecule has 3 saturated carbocycles. The van der Waals surface area contributed by atoms with Crippen LogP contribution in [0.3, 0.4) is 0 Å². The summed E-state index contributed by atoms with van der Waals surface area (Å²) >= 11 is 0. The summed E-state index contributed by atoms with van der Waals surface area (Å²) in [4.78, 5) is 0. The van der Waals surface area contributed by atoms with Crippen molar-refractivity contribution in [1.29, 1.82) is 0 Å². The number of benzene rings is 1. The van der Waals surface area contributed by atoms with Crippen LogP contribution in [-0.2, 0) is 0 Å². The van der Waals surface area contributed by atoms with Crippen molar-refractivity contribution in [2.75, 3.05) is 7.05 Å². The van der Waals surface area contributed by atoms with Gasteiger partial charge in [0.25, 0.3) is 0 Å². The van der Waals surface area contributed by atoms with Crippen LogP contribution < -0.4 is 5.32 Å². The van der Waals surface area contributed by atoms with Gasteiger partial charge in [0.2, 0.25) is 0 Å². The second-order valence-corrected chi connectivity index (χ2v) is 5.69. The van der Waals surface area contributed by atoms with E-state index in [4.69, 9.17) is 0 Å². The van der Waals surface area contributed by atoms with E-state index in [1.807, 2.05) is 13.1 Å². The zero-order chi connectivity index (χ0) is 13.2.